The number of halogens is 5. The number of nitriles is 2. The molecule has 2 amide bonds. The van der Waals surface area contributed by atoms with E-state index in [0.29, 0.717) is 70.1 Å². The molecule has 2 saturated heterocycles. The van der Waals surface area contributed by atoms with E-state index in [9.17, 15) is 18.4 Å². The Morgan fingerprint density at radius 2 is 1.31 bits per heavy atom. The summed E-state index contributed by atoms with van der Waals surface area (Å²) in [5, 5.41) is 22.6. The minimum absolute atomic E-state index is 0.0910. The molecular formula is C42H43BrCl2F2N6O2. The molecule has 4 aromatic carbocycles. The highest BCUT2D eigenvalue weighted by molar-refractivity contribution is 9.08. The molecule has 0 spiro atoms. The SMILES string of the molecule is CC(C)N1C[C@@H](N(Cc2ccccc2F)c2ccc(C#N)c(Cl)c2)CC1=O.CC(C)N1C[C@@H](Nc2ccc(C#N)c(Cl)c2)CC1=O.Fc1ccccc1CBr. The van der Waals surface area contributed by atoms with Crippen molar-refractivity contribution in [1.82, 2.24) is 9.80 Å². The van der Waals surface area contributed by atoms with Gasteiger partial charge >= 0.3 is 0 Å². The number of rotatable bonds is 9. The van der Waals surface area contributed by atoms with Gasteiger partial charge in [0.2, 0.25) is 11.8 Å². The van der Waals surface area contributed by atoms with Gasteiger partial charge in [0.25, 0.3) is 0 Å². The molecule has 0 aliphatic carbocycles. The van der Waals surface area contributed by atoms with Gasteiger partial charge < -0.3 is 20.0 Å². The van der Waals surface area contributed by atoms with E-state index in [0.717, 1.165) is 11.4 Å². The van der Waals surface area contributed by atoms with Crippen LogP contribution in [0, 0.1) is 34.3 Å². The highest BCUT2D eigenvalue weighted by atomic mass is 79.9. The Morgan fingerprint density at radius 1 is 0.782 bits per heavy atom. The standard InChI is InChI=1S/C21H21ClFN3O.C14H16ClN3O.C7H6BrF/c1-14(2)25-13-18(10-21(25)27)26(12-16-5-3-4-6-20(16)23)17-8-7-15(11-24)19(22)9-17;1-9(2)18-8-12(6-14(18)19)17-11-4-3-10(7-16)13(15)5-11;8-5-6-3-1-2-4-7(6)9/h3-9,14,18H,10,12-13H2,1-2H3;3-5,9,12,17H,6,8H2,1-2H3;1-4H,5H2/t18-;12-;/m00./s1. The number of hydrogen-bond donors (Lipinski definition) is 1. The van der Waals surface area contributed by atoms with Gasteiger partial charge in [0.1, 0.15) is 23.8 Å². The molecule has 2 heterocycles. The molecule has 0 saturated carbocycles. The topological polar surface area (TPSA) is 103 Å². The Balaban J connectivity index is 0.000000207. The van der Waals surface area contributed by atoms with Crippen molar-refractivity contribution >= 4 is 62.3 Å². The lowest BCUT2D eigenvalue weighted by Gasteiger charge is -2.32. The number of hydrogen-bond acceptors (Lipinski definition) is 6. The average Bonchev–Trinajstić information content (AvgIpc) is 3.73. The first-order valence-electron chi connectivity index (χ1n) is 17.8. The number of anilines is 2. The number of carbonyl (C=O) groups excluding carboxylic acids is 2. The summed E-state index contributed by atoms with van der Waals surface area (Å²) in [5.74, 6) is -0.165. The minimum atomic E-state index is -0.285. The molecule has 8 nitrogen and oxygen atoms in total. The fraction of sp³-hybridized carbons (Fsp3) is 0.333. The van der Waals surface area contributed by atoms with Gasteiger partial charge in [-0.3, -0.25) is 9.59 Å². The molecule has 2 atom stereocenters. The van der Waals surface area contributed by atoms with Gasteiger partial charge in [-0.05, 0) is 81.8 Å². The highest BCUT2D eigenvalue weighted by Crippen LogP contribution is 2.31. The molecular weight excluding hydrogens is 809 g/mol. The Bertz CT molecular complexity index is 2050. The highest BCUT2D eigenvalue weighted by Gasteiger charge is 2.35. The third kappa shape index (κ3) is 11.7. The van der Waals surface area contributed by atoms with E-state index in [4.69, 9.17) is 33.7 Å². The summed E-state index contributed by atoms with van der Waals surface area (Å²) in [5.41, 5.74) is 3.71. The second-order valence-electron chi connectivity index (χ2n) is 13.7. The number of carbonyl (C=O) groups is 2. The van der Waals surface area contributed by atoms with E-state index in [1.807, 2.05) is 66.7 Å². The Hall–Kier alpha value is -4.68. The summed E-state index contributed by atoms with van der Waals surface area (Å²) in [4.78, 5) is 29.9. The largest absolute Gasteiger partial charge is 0.380 e. The smallest absolute Gasteiger partial charge is 0.225 e. The molecule has 55 heavy (non-hydrogen) atoms. The van der Waals surface area contributed by atoms with Crippen molar-refractivity contribution in [1.29, 1.82) is 10.5 Å². The molecule has 2 fully saturated rings. The number of nitrogens with one attached hydrogen (secondary N) is 1. The lowest BCUT2D eigenvalue weighted by molar-refractivity contribution is -0.129. The van der Waals surface area contributed by atoms with Crippen LogP contribution < -0.4 is 10.2 Å². The van der Waals surface area contributed by atoms with Crippen LogP contribution in [-0.2, 0) is 21.5 Å². The quantitative estimate of drug-likeness (QED) is 0.168. The van der Waals surface area contributed by atoms with E-state index in [1.54, 1.807) is 60.7 Å². The second kappa shape index (κ2) is 20.3. The Kier molecular flexibility index (Phi) is 15.9. The van der Waals surface area contributed by atoms with Crippen molar-refractivity contribution in [2.24, 2.45) is 0 Å². The molecule has 6 rings (SSSR count). The number of amides is 2. The van der Waals surface area contributed by atoms with Gasteiger partial charge in [-0.1, -0.05) is 75.5 Å². The fourth-order valence-corrected chi connectivity index (χ4v) is 7.19. The van der Waals surface area contributed by atoms with Crippen LogP contribution >= 0.6 is 39.1 Å². The van der Waals surface area contributed by atoms with Gasteiger partial charge in [0, 0.05) is 66.8 Å². The molecule has 0 aromatic heterocycles. The van der Waals surface area contributed by atoms with Crippen LogP contribution in [0.3, 0.4) is 0 Å². The van der Waals surface area contributed by atoms with Crippen LogP contribution in [0.25, 0.3) is 0 Å². The summed E-state index contributed by atoms with van der Waals surface area (Å²) in [7, 11) is 0. The van der Waals surface area contributed by atoms with E-state index in [-0.39, 0.29) is 47.6 Å². The molecule has 0 bridgehead atoms. The maximum absolute atomic E-state index is 14.3. The van der Waals surface area contributed by atoms with E-state index < -0.39 is 0 Å². The summed E-state index contributed by atoms with van der Waals surface area (Å²) in [6.07, 6.45) is 0.861. The lowest BCUT2D eigenvalue weighted by Crippen LogP contribution is -2.39. The first-order valence-corrected chi connectivity index (χ1v) is 19.7. The molecule has 2 aliphatic heterocycles. The maximum Gasteiger partial charge on any atom is 0.225 e. The first-order chi connectivity index (χ1) is 26.3. The van der Waals surface area contributed by atoms with E-state index >= 15 is 0 Å². The van der Waals surface area contributed by atoms with Crippen LogP contribution in [0.15, 0.2) is 84.9 Å². The van der Waals surface area contributed by atoms with E-state index in [2.05, 4.69) is 21.2 Å². The molecule has 2 aliphatic rings. The molecule has 0 radical (unpaired) electrons. The van der Waals surface area contributed by atoms with Crippen molar-refractivity contribution in [3.05, 3.63) is 129 Å². The van der Waals surface area contributed by atoms with Crippen LogP contribution in [0.5, 0.6) is 0 Å². The Labute approximate surface area is 340 Å². The van der Waals surface area contributed by atoms with Crippen molar-refractivity contribution in [2.45, 2.75) is 76.6 Å². The van der Waals surface area contributed by atoms with Crippen molar-refractivity contribution < 1.29 is 18.4 Å². The molecule has 4 aromatic rings. The van der Waals surface area contributed by atoms with E-state index in [1.165, 1.54) is 12.1 Å². The number of alkyl halides is 1. The molecule has 288 valence electrons. The summed E-state index contributed by atoms with van der Waals surface area (Å²) in [6.45, 7) is 9.59. The lowest BCUT2D eigenvalue weighted by atomic mass is 10.1. The number of nitrogens with zero attached hydrogens (tertiary/aromatic N) is 5. The van der Waals surface area contributed by atoms with Gasteiger partial charge in [-0.25, -0.2) is 8.78 Å². The third-order valence-corrected chi connectivity index (χ3v) is 10.5. The van der Waals surface area contributed by atoms with Gasteiger partial charge in [-0.15, -0.1) is 0 Å². The minimum Gasteiger partial charge on any atom is -0.380 e. The zero-order chi connectivity index (χ0) is 40.2. The zero-order valence-corrected chi connectivity index (χ0v) is 34.2. The van der Waals surface area contributed by atoms with Crippen LogP contribution in [0.1, 0.15) is 62.8 Å². The van der Waals surface area contributed by atoms with Crippen molar-refractivity contribution in [2.75, 3.05) is 23.3 Å². The summed E-state index contributed by atoms with van der Waals surface area (Å²) in [6, 6.07) is 28.1. The average molecular weight is 853 g/mol. The van der Waals surface area contributed by atoms with Crippen molar-refractivity contribution in [3.63, 3.8) is 0 Å². The van der Waals surface area contributed by atoms with Gasteiger partial charge in [-0.2, -0.15) is 10.5 Å². The van der Waals surface area contributed by atoms with Crippen LogP contribution in [-0.4, -0.2) is 58.9 Å². The van der Waals surface area contributed by atoms with Crippen LogP contribution in [0.4, 0.5) is 20.2 Å². The number of likely N-dealkylation sites (tertiary alicyclic amines) is 2. The predicted molar refractivity (Wildman–Crippen MR) is 218 cm³/mol. The first kappa shape index (κ1) is 43.1. The number of benzene rings is 4. The third-order valence-electron chi connectivity index (χ3n) is 9.25. The van der Waals surface area contributed by atoms with Gasteiger partial charge in [0.05, 0.1) is 33.3 Å². The van der Waals surface area contributed by atoms with Gasteiger partial charge in [0.15, 0.2) is 0 Å². The normalized spacial score (nSPS) is 16.2. The van der Waals surface area contributed by atoms with Crippen LogP contribution in [0.2, 0.25) is 10.0 Å². The second-order valence-corrected chi connectivity index (χ2v) is 15.1. The van der Waals surface area contributed by atoms with Crippen molar-refractivity contribution in [3.8, 4) is 12.1 Å². The fourth-order valence-electron chi connectivity index (χ4n) is 6.30. The maximum atomic E-state index is 14.3. The predicted octanol–water partition coefficient (Wildman–Crippen LogP) is 9.72. The molecule has 0 unspecified atom stereocenters. The summed E-state index contributed by atoms with van der Waals surface area (Å²) >= 11 is 15.4. The Morgan fingerprint density at radius 3 is 1.78 bits per heavy atom. The monoisotopic (exact) mass is 850 g/mol. The molecule has 1 N–H and O–H groups in total. The molecule has 13 heteroatoms. The zero-order valence-electron chi connectivity index (χ0n) is 31.1. The summed E-state index contributed by atoms with van der Waals surface area (Å²) < 4.78 is 26.8.